The summed E-state index contributed by atoms with van der Waals surface area (Å²) in [6.07, 6.45) is 2.18. The molecule has 89 heavy (non-hydrogen) atoms. The number of hydrogen-bond acceptors (Lipinski definition) is 1. The van der Waals surface area contributed by atoms with Crippen LogP contribution in [0, 0.1) is 0 Å². The van der Waals surface area contributed by atoms with E-state index in [0.29, 0.717) is 0 Å². The molecule has 0 aromatic heterocycles. The molecule has 15 aromatic carbocycles. The van der Waals surface area contributed by atoms with E-state index in [9.17, 15) is 0 Å². The van der Waals surface area contributed by atoms with Gasteiger partial charge in [-0.1, -0.05) is 284 Å². The molecule has 0 saturated carbocycles. The lowest BCUT2D eigenvalue weighted by Crippen LogP contribution is -2.15. The van der Waals surface area contributed by atoms with Crippen molar-refractivity contribution in [3.63, 3.8) is 0 Å². The molecular formula is C88H66O. The molecule has 15 aromatic rings. The van der Waals surface area contributed by atoms with E-state index in [0.717, 1.165) is 25.2 Å². The van der Waals surface area contributed by atoms with Gasteiger partial charge in [-0.2, -0.15) is 0 Å². The molecule has 1 nitrogen and oxygen atoms in total. The number of fused-ring (bicyclic) bond motifs is 12. The molecule has 0 heterocycles. The van der Waals surface area contributed by atoms with E-state index in [1.54, 1.807) is 0 Å². The van der Waals surface area contributed by atoms with Crippen LogP contribution in [0.1, 0.15) is 69.7 Å². The molecular weight excluding hydrogens is 1070 g/mol. The molecule has 0 unspecified atom stereocenters. The average Bonchev–Trinajstić information content (AvgIpc) is 2.14. The summed E-state index contributed by atoms with van der Waals surface area (Å²) in [6.45, 7) is 12.6. The third-order valence-corrected chi connectivity index (χ3v) is 20.3. The van der Waals surface area contributed by atoms with Gasteiger partial charge in [0, 0.05) is 10.8 Å². The first kappa shape index (κ1) is 52.9. The highest BCUT2D eigenvalue weighted by Gasteiger charge is 2.38. The first-order valence-corrected chi connectivity index (χ1v) is 31.8. The second-order valence-corrected chi connectivity index (χ2v) is 25.9. The molecule has 0 bridgehead atoms. The van der Waals surface area contributed by atoms with Crippen LogP contribution in [0.15, 0.2) is 273 Å². The summed E-state index contributed by atoms with van der Waals surface area (Å²) >= 11 is 0. The Morgan fingerprint density at radius 2 is 0.506 bits per heavy atom. The molecule has 0 atom stereocenters. The summed E-state index contributed by atoms with van der Waals surface area (Å²) < 4.78 is 5.98. The average molecular weight is 1140 g/mol. The third kappa shape index (κ3) is 8.07. The lowest BCUT2D eigenvalue weighted by Gasteiger charge is -2.25. The predicted octanol–water partition coefficient (Wildman–Crippen LogP) is 24.4. The minimum absolute atomic E-state index is 0.107. The molecule has 0 aliphatic heterocycles. The van der Waals surface area contributed by atoms with Gasteiger partial charge in [-0.3, -0.25) is 0 Å². The number of hydrogen-bond donors (Lipinski definition) is 0. The van der Waals surface area contributed by atoms with Crippen LogP contribution in [-0.4, -0.2) is 6.61 Å². The maximum atomic E-state index is 5.98. The van der Waals surface area contributed by atoms with Gasteiger partial charge in [-0.15, -0.1) is 0 Å². The SMILES string of the molecule is CCCCOc1ccc(-c2ccc(-c3c4ccccc4c(-c4ccc5c(c4)C(C)(C)c4cc(-c6c7ccccc7c(-c7c8ccccc8c(-c8ccc9c(c8)C(C)(C)c8ccccc8-9)c8ccccc78)c7ccccc67)ccc4-5)c4ccccc34)cc2)cc1. The van der Waals surface area contributed by atoms with E-state index in [-0.39, 0.29) is 10.8 Å². The minimum Gasteiger partial charge on any atom is -0.494 e. The first-order chi connectivity index (χ1) is 43.7. The molecule has 0 spiro atoms. The van der Waals surface area contributed by atoms with Crippen molar-refractivity contribution in [2.45, 2.75) is 58.3 Å². The highest BCUT2D eigenvalue weighted by molar-refractivity contribution is 6.30. The summed E-state index contributed by atoms with van der Waals surface area (Å²) in [6, 6.07) is 103. The standard InChI is InChI=1S/C88H66O/c1-6-7-50-89-60-45-40-55(41-46-60)54-36-38-56(39-37-54)81-65-23-8-10-25-67(65)82(68-26-11-9-24-66(68)81)58-43-48-63-64-49-44-59(53-80(64)88(4,5)79(63)52-58)84-71-29-14-18-33-75(71)86(76-34-19-15-30-72(76)84)85-73-31-16-12-27-69(73)83(70-28-13-17-32-74(70)85)57-42-47-62-61-22-20-21-35-77(61)87(2,3)78(62)51-57/h8-49,51-53H,6-7,50H2,1-5H3. The molecule has 2 aliphatic carbocycles. The van der Waals surface area contributed by atoms with Gasteiger partial charge in [-0.05, 0) is 213 Å². The summed E-state index contributed by atoms with van der Waals surface area (Å²) in [5.41, 5.74) is 25.4. The van der Waals surface area contributed by atoms with Crippen molar-refractivity contribution in [2.24, 2.45) is 0 Å². The molecule has 0 amide bonds. The maximum Gasteiger partial charge on any atom is 0.119 e. The highest BCUT2D eigenvalue weighted by atomic mass is 16.5. The van der Waals surface area contributed by atoms with Crippen molar-refractivity contribution in [1.82, 2.24) is 0 Å². The Morgan fingerprint density at radius 3 is 0.854 bits per heavy atom. The van der Waals surface area contributed by atoms with Crippen LogP contribution >= 0.6 is 0 Å². The zero-order valence-corrected chi connectivity index (χ0v) is 51.0. The van der Waals surface area contributed by atoms with E-state index in [4.69, 9.17) is 4.74 Å². The second kappa shape index (κ2) is 20.4. The largest absolute Gasteiger partial charge is 0.494 e. The number of rotatable bonds is 10. The molecule has 0 N–H and O–H groups in total. The lowest BCUT2D eigenvalue weighted by molar-refractivity contribution is 0.309. The Labute approximate surface area is 521 Å². The molecule has 0 radical (unpaired) electrons. The zero-order valence-electron chi connectivity index (χ0n) is 51.0. The van der Waals surface area contributed by atoms with E-state index >= 15 is 0 Å². The van der Waals surface area contributed by atoms with Crippen LogP contribution in [-0.2, 0) is 10.8 Å². The Hall–Kier alpha value is -10.3. The van der Waals surface area contributed by atoms with E-state index in [1.165, 1.54) is 176 Å². The number of benzene rings is 15. The quantitative estimate of drug-likeness (QED) is 0.0980. The van der Waals surface area contributed by atoms with Crippen molar-refractivity contribution in [1.29, 1.82) is 0 Å². The first-order valence-electron chi connectivity index (χ1n) is 31.8. The summed E-state index contributed by atoms with van der Waals surface area (Å²) in [7, 11) is 0. The van der Waals surface area contributed by atoms with Crippen LogP contribution in [0.5, 0.6) is 5.75 Å². The molecule has 1 heteroatoms. The zero-order chi connectivity index (χ0) is 59.7. The van der Waals surface area contributed by atoms with Crippen molar-refractivity contribution in [2.75, 3.05) is 6.61 Å². The smallest absolute Gasteiger partial charge is 0.119 e. The highest BCUT2D eigenvalue weighted by Crippen LogP contribution is 2.56. The van der Waals surface area contributed by atoms with Gasteiger partial charge in [0.25, 0.3) is 0 Å². The van der Waals surface area contributed by atoms with Gasteiger partial charge in [0.05, 0.1) is 6.61 Å². The van der Waals surface area contributed by atoms with Crippen LogP contribution < -0.4 is 4.74 Å². The molecule has 2 aliphatic rings. The fourth-order valence-corrected chi connectivity index (χ4v) is 16.0. The lowest BCUT2D eigenvalue weighted by atomic mass is 9.78. The second-order valence-electron chi connectivity index (χ2n) is 25.9. The van der Waals surface area contributed by atoms with E-state index in [1.807, 2.05) is 0 Å². The Kier molecular flexibility index (Phi) is 12.1. The number of unbranched alkanes of at least 4 members (excludes halogenated alkanes) is 1. The monoisotopic (exact) mass is 1140 g/mol. The normalized spacial score (nSPS) is 13.5. The van der Waals surface area contributed by atoms with Gasteiger partial charge in [0.2, 0.25) is 0 Å². The molecule has 0 fully saturated rings. The van der Waals surface area contributed by atoms with Crippen molar-refractivity contribution >= 4 is 64.6 Å². The topological polar surface area (TPSA) is 9.23 Å². The third-order valence-electron chi connectivity index (χ3n) is 20.3. The van der Waals surface area contributed by atoms with Crippen LogP contribution in [0.25, 0.3) is 154 Å². The predicted molar refractivity (Wildman–Crippen MR) is 380 cm³/mol. The fraction of sp³-hybridized carbons (Fsp3) is 0.114. The Bertz CT molecular complexity index is 5250. The summed E-state index contributed by atoms with van der Waals surface area (Å²) in [5, 5.41) is 15.1. The van der Waals surface area contributed by atoms with Crippen LogP contribution in [0.3, 0.4) is 0 Å². The summed E-state index contributed by atoms with van der Waals surface area (Å²) in [5.74, 6) is 0.923. The van der Waals surface area contributed by atoms with Crippen LogP contribution in [0.2, 0.25) is 0 Å². The molecule has 17 rings (SSSR count). The molecule has 424 valence electrons. The van der Waals surface area contributed by atoms with E-state index < -0.39 is 0 Å². The van der Waals surface area contributed by atoms with Gasteiger partial charge >= 0.3 is 0 Å². The van der Waals surface area contributed by atoms with Gasteiger partial charge in [-0.25, -0.2) is 0 Å². The van der Waals surface area contributed by atoms with Gasteiger partial charge in [0.1, 0.15) is 5.75 Å². The Morgan fingerprint density at radius 1 is 0.247 bits per heavy atom. The van der Waals surface area contributed by atoms with Crippen molar-refractivity contribution in [3.05, 3.63) is 295 Å². The number of ether oxygens (including phenoxy) is 1. The van der Waals surface area contributed by atoms with Gasteiger partial charge < -0.3 is 4.74 Å². The van der Waals surface area contributed by atoms with E-state index in [2.05, 4.69) is 308 Å². The molecule has 0 saturated heterocycles. The fourth-order valence-electron chi connectivity index (χ4n) is 16.0. The maximum absolute atomic E-state index is 5.98. The summed E-state index contributed by atoms with van der Waals surface area (Å²) in [4.78, 5) is 0. The van der Waals surface area contributed by atoms with Crippen molar-refractivity contribution < 1.29 is 4.74 Å². The Balaban J connectivity index is 0.775. The van der Waals surface area contributed by atoms with Crippen LogP contribution in [0.4, 0.5) is 0 Å². The van der Waals surface area contributed by atoms with Gasteiger partial charge in [0.15, 0.2) is 0 Å². The minimum atomic E-state index is -0.282. The van der Waals surface area contributed by atoms with Crippen molar-refractivity contribution in [3.8, 4) is 94.8 Å².